The van der Waals surface area contributed by atoms with Crippen LogP contribution in [-0.4, -0.2) is 17.7 Å². The minimum Gasteiger partial charge on any atom is -0.493 e. The van der Waals surface area contributed by atoms with Crippen molar-refractivity contribution >= 4 is 50.5 Å². The number of hydrogen-bond donors (Lipinski definition) is 1. The molecular weight excluding hydrogens is 472 g/mol. The molecule has 2 aromatic rings. The van der Waals surface area contributed by atoms with Crippen LogP contribution in [0.2, 0.25) is 0 Å². The molecule has 31 heavy (non-hydrogen) atoms. The number of rotatable bonds is 10. The molecule has 1 saturated heterocycles. The summed E-state index contributed by atoms with van der Waals surface area (Å²) in [5.41, 5.74) is 2.88. The van der Waals surface area contributed by atoms with E-state index in [1.165, 1.54) is 49.4 Å². The minimum absolute atomic E-state index is 0.141. The molecule has 3 rings (SSSR count). The number of halogens is 1. The monoisotopic (exact) mass is 500 g/mol. The van der Waals surface area contributed by atoms with Crippen LogP contribution in [0, 0.1) is 6.92 Å². The third-order valence-electron chi connectivity index (χ3n) is 4.93. The number of unbranched alkanes of at least 4 members (excludes halogenated alkanes) is 5. The number of carbonyl (C=O) groups is 1. The van der Waals surface area contributed by atoms with Gasteiger partial charge in [0.15, 0.2) is 5.17 Å². The van der Waals surface area contributed by atoms with Crippen molar-refractivity contribution in [3.8, 4) is 5.75 Å². The quantitative estimate of drug-likeness (QED) is 0.273. The molecule has 0 radical (unpaired) electrons. The number of hydrogen-bond acceptors (Lipinski definition) is 4. The van der Waals surface area contributed by atoms with Crippen molar-refractivity contribution in [2.24, 2.45) is 4.99 Å². The summed E-state index contributed by atoms with van der Waals surface area (Å²) < 4.78 is 6.99. The average Bonchev–Trinajstić information content (AvgIpc) is 3.09. The second-order valence-electron chi connectivity index (χ2n) is 7.62. The number of benzene rings is 2. The summed E-state index contributed by atoms with van der Waals surface area (Å²) in [6.45, 7) is 4.95. The van der Waals surface area contributed by atoms with Gasteiger partial charge in [-0.1, -0.05) is 72.7 Å². The molecule has 0 saturated carbocycles. The highest BCUT2D eigenvalue weighted by atomic mass is 79.9. The number of aliphatic imine (C=N–C) groups is 1. The van der Waals surface area contributed by atoms with Crippen LogP contribution in [0.15, 0.2) is 56.8 Å². The van der Waals surface area contributed by atoms with Gasteiger partial charge in [0.1, 0.15) is 5.75 Å². The first-order valence-corrected chi connectivity index (χ1v) is 12.4. The fraction of sp³-hybridized carbons (Fsp3) is 0.360. The first-order chi connectivity index (χ1) is 15.0. The fourth-order valence-electron chi connectivity index (χ4n) is 3.19. The van der Waals surface area contributed by atoms with E-state index in [0.29, 0.717) is 16.7 Å². The molecule has 4 nitrogen and oxygen atoms in total. The van der Waals surface area contributed by atoms with E-state index in [1.54, 1.807) is 0 Å². The van der Waals surface area contributed by atoms with Crippen LogP contribution in [0.4, 0.5) is 5.69 Å². The number of nitrogens with zero attached hydrogens (tertiary/aromatic N) is 1. The standard InChI is InChI=1S/C25H29BrN2O2S/c1-3-4-5-6-7-8-15-30-22-14-11-20(26)16-19(22)17-23-24(29)28-25(31-23)27-21-12-9-18(2)10-13-21/h9-14,16-17H,3-8,15H2,1-2H3,(H,27,28,29)/b23-17+. The third kappa shape index (κ3) is 7.54. The maximum atomic E-state index is 12.5. The lowest BCUT2D eigenvalue weighted by Gasteiger charge is -2.10. The third-order valence-corrected chi connectivity index (χ3v) is 6.33. The Bertz CT molecular complexity index is 954. The van der Waals surface area contributed by atoms with Gasteiger partial charge in [0.05, 0.1) is 17.2 Å². The number of amidine groups is 1. The van der Waals surface area contributed by atoms with E-state index in [9.17, 15) is 4.79 Å². The van der Waals surface area contributed by atoms with E-state index in [0.717, 1.165) is 27.9 Å². The van der Waals surface area contributed by atoms with E-state index in [4.69, 9.17) is 4.74 Å². The van der Waals surface area contributed by atoms with Crippen LogP contribution in [0.3, 0.4) is 0 Å². The van der Waals surface area contributed by atoms with Gasteiger partial charge in [-0.25, -0.2) is 4.99 Å². The van der Waals surface area contributed by atoms with E-state index in [1.807, 2.05) is 55.5 Å². The van der Waals surface area contributed by atoms with Gasteiger partial charge in [0.25, 0.3) is 5.91 Å². The predicted octanol–water partition coefficient (Wildman–Crippen LogP) is 7.39. The lowest BCUT2D eigenvalue weighted by atomic mass is 10.1. The molecule has 2 aromatic carbocycles. The zero-order chi connectivity index (χ0) is 22.1. The van der Waals surface area contributed by atoms with Crippen molar-refractivity contribution in [1.29, 1.82) is 0 Å². The van der Waals surface area contributed by atoms with Crippen LogP contribution in [0.25, 0.3) is 6.08 Å². The Balaban J connectivity index is 1.65. The van der Waals surface area contributed by atoms with Crippen molar-refractivity contribution in [1.82, 2.24) is 5.32 Å². The molecule has 0 spiro atoms. The largest absolute Gasteiger partial charge is 0.493 e. The molecule has 1 aliphatic heterocycles. The maximum absolute atomic E-state index is 12.5. The summed E-state index contributed by atoms with van der Waals surface area (Å²) in [5.74, 6) is 0.652. The summed E-state index contributed by atoms with van der Waals surface area (Å²) in [6.07, 6.45) is 9.22. The zero-order valence-electron chi connectivity index (χ0n) is 18.1. The second-order valence-corrected chi connectivity index (χ2v) is 9.56. The van der Waals surface area contributed by atoms with Crippen molar-refractivity contribution in [2.75, 3.05) is 6.61 Å². The lowest BCUT2D eigenvalue weighted by molar-refractivity contribution is -0.115. The molecule has 0 aliphatic carbocycles. The Morgan fingerprint density at radius 1 is 1.06 bits per heavy atom. The smallest absolute Gasteiger partial charge is 0.264 e. The molecule has 6 heteroatoms. The van der Waals surface area contributed by atoms with Crippen LogP contribution in [-0.2, 0) is 4.79 Å². The number of ether oxygens (including phenoxy) is 1. The number of carbonyl (C=O) groups excluding carboxylic acids is 1. The number of amides is 1. The van der Waals surface area contributed by atoms with Gasteiger partial charge in [0, 0.05) is 10.0 Å². The normalized spacial score (nSPS) is 16.2. The second kappa shape index (κ2) is 12.1. The van der Waals surface area contributed by atoms with Crippen molar-refractivity contribution < 1.29 is 9.53 Å². The predicted molar refractivity (Wildman–Crippen MR) is 135 cm³/mol. The van der Waals surface area contributed by atoms with Crippen LogP contribution >= 0.6 is 27.7 Å². The Labute approximate surface area is 197 Å². The topological polar surface area (TPSA) is 50.7 Å². The maximum Gasteiger partial charge on any atom is 0.264 e. The van der Waals surface area contributed by atoms with Crippen molar-refractivity contribution in [2.45, 2.75) is 52.4 Å². The van der Waals surface area contributed by atoms with Gasteiger partial charge in [0.2, 0.25) is 0 Å². The zero-order valence-corrected chi connectivity index (χ0v) is 20.5. The highest BCUT2D eigenvalue weighted by molar-refractivity contribution is 9.10. The number of nitrogens with one attached hydrogen (secondary N) is 1. The summed E-state index contributed by atoms with van der Waals surface area (Å²) in [5, 5.41) is 3.44. The van der Waals surface area contributed by atoms with Gasteiger partial charge in [-0.3, -0.25) is 4.79 Å². The van der Waals surface area contributed by atoms with E-state index in [2.05, 4.69) is 33.2 Å². The van der Waals surface area contributed by atoms with Crippen LogP contribution < -0.4 is 10.1 Å². The molecule has 0 atom stereocenters. The fourth-order valence-corrected chi connectivity index (χ4v) is 4.40. The van der Waals surface area contributed by atoms with Crippen molar-refractivity contribution in [3.05, 3.63) is 63.0 Å². The summed E-state index contributed by atoms with van der Waals surface area (Å²) in [4.78, 5) is 17.6. The van der Waals surface area contributed by atoms with Crippen LogP contribution in [0.5, 0.6) is 5.75 Å². The Morgan fingerprint density at radius 2 is 1.81 bits per heavy atom. The minimum atomic E-state index is -0.141. The SMILES string of the molecule is CCCCCCCCOc1ccc(Br)cc1/C=C1/SC(=Nc2ccc(C)cc2)NC1=O. The first-order valence-electron chi connectivity index (χ1n) is 10.8. The highest BCUT2D eigenvalue weighted by Crippen LogP contribution is 2.32. The van der Waals surface area contributed by atoms with Gasteiger partial charge in [-0.2, -0.15) is 0 Å². The van der Waals surface area contributed by atoms with Crippen molar-refractivity contribution in [3.63, 3.8) is 0 Å². The summed E-state index contributed by atoms with van der Waals surface area (Å²) in [6, 6.07) is 13.8. The number of aryl methyl sites for hydroxylation is 1. The van der Waals surface area contributed by atoms with Gasteiger partial charge >= 0.3 is 0 Å². The molecule has 1 N–H and O–H groups in total. The molecule has 1 fully saturated rings. The summed E-state index contributed by atoms with van der Waals surface area (Å²) in [7, 11) is 0. The average molecular weight is 501 g/mol. The summed E-state index contributed by atoms with van der Waals surface area (Å²) >= 11 is 4.87. The van der Waals surface area contributed by atoms with Crippen LogP contribution in [0.1, 0.15) is 56.6 Å². The Hall–Kier alpha value is -2.05. The molecule has 1 heterocycles. The highest BCUT2D eigenvalue weighted by Gasteiger charge is 2.24. The Kier molecular flexibility index (Phi) is 9.22. The molecule has 164 valence electrons. The molecule has 0 aromatic heterocycles. The first kappa shape index (κ1) is 23.6. The molecule has 1 aliphatic rings. The molecular formula is C25H29BrN2O2S. The lowest BCUT2D eigenvalue weighted by Crippen LogP contribution is -2.19. The van der Waals surface area contributed by atoms with E-state index < -0.39 is 0 Å². The van der Waals surface area contributed by atoms with Gasteiger partial charge in [-0.05, 0) is 61.5 Å². The molecule has 0 unspecified atom stereocenters. The van der Waals surface area contributed by atoms with Gasteiger partial charge in [-0.15, -0.1) is 0 Å². The van der Waals surface area contributed by atoms with Gasteiger partial charge < -0.3 is 10.1 Å². The Morgan fingerprint density at radius 3 is 2.58 bits per heavy atom. The van der Waals surface area contributed by atoms with E-state index >= 15 is 0 Å². The van der Waals surface area contributed by atoms with E-state index in [-0.39, 0.29) is 5.91 Å². The number of thioether (sulfide) groups is 1. The molecule has 1 amide bonds. The molecule has 0 bridgehead atoms.